The zero-order valence-corrected chi connectivity index (χ0v) is 13.5. The second kappa shape index (κ2) is 5.20. The first-order valence-corrected chi connectivity index (χ1v) is 7.69. The lowest BCUT2D eigenvalue weighted by molar-refractivity contribution is -0.126. The molecule has 1 aliphatic carbocycles. The van der Waals surface area contributed by atoms with Gasteiger partial charge in [-0.2, -0.15) is 5.26 Å². The summed E-state index contributed by atoms with van der Waals surface area (Å²) in [7, 11) is 1.46. The number of carbonyl (C=O) groups excluding carboxylic acids is 2. The topological polar surface area (TPSA) is 64.4 Å². The summed E-state index contributed by atoms with van der Waals surface area (Å²) >= 11 is 6.13. The quantitative estimate of drug-likeness (QED) is 0.740. The van der Waals surface area contributed by atoms with Gasteiger partial charge in [-0.1, -0.05) is 11.6 Å². The number of hydrogen-bond acceptors (Lipinski definition) is 3. The van der Waals surface area contributed by atoms with Crippen LogP contribution in [0, 0.1) is 18.3 Å². The molecule has 1 saturated heterocycles. The highest BCUT2D eigenvalue weighted by atomic mass is 35.5. The van der Waals surface area contributed by atoms with Crippen molar-refractivity contribution >= 4 is 29.2 Å². The van der Waals surface area contributed by atoms with Crippen molar-refractivity contribution in [3.05, 3.63) is 28.3 Å². The summed E-state index contributed by atoms with van der Waals surface area (Å²) in [6.07, 6.45) is -0.229. The van der Waals surface area contributed by atoms with E-state index in [4.69, 9.17) is 16.9 Å². The van der Waals surface area contributed by atoms with Gasteiger partial charge >= 0.3 is 6.03 Å². The van der Waals surface area contributed by atoms with Gasteiger partial charge in [-0.15, -0.1) is 0 Å². The van der Waals surface area contributed by atoms with Crippen LogP contribution in [0.3, 0.4) is 0 Å². The van der Waals surface area contributed by atoms with E-state index < -0.39 is 23.6 Å². The highest BCUT2D eigenvalue weighted by Gasteiger charge is 2.62. The number of alkyl halides is 1. The lowest BCUT2D eigenvalue weighted by Gasteiger charge is -2.29. The number of likely N-dealkylation sites (N-methyl/N-ethyl adjacent to an activating group) is 1. The number of imide groups is 1. The van der Waals surface area contributed by atoms with Gasteiger partial charge in [0.25, 0.3) is 5.91 Å². The Kier molecular flexibility index (Phi) is 3.56. The molecule has 1 heterocycles. The first kappa shape index (κ1) is 15.8. The summed E-state index contributed by atoms with van der Waals surface area (Å²) < 4.78 is 14.4. The molecule has 3 amide bonds. The van der Waals surface area contributed by atoms with Crippen LogP contribution >= 0.6 is 11.6 Å². The molecule has 0 aromatic heterocycles. The van der Waals surface area contributed by atoms with E-state index in [1.54, 1.807) is 6.92 Å². The minimum atomic E-state index is -1.41. The number of nitriles is 1. The van der Waals surface area contributed by atoms with E-state index in [9.17, 15) is 14.0 Å². The molecule has 1 aromatic carbocycles. The molecule has 1 aliphatic heterocycles. The zero-order chi connectivity index (χ0) is 16.9. The van der Waals surface area contributed by atoms with Crippen LogP contribution in [0.25, 0.3) is 0 Å². The summed E-state index contributed by atoms with van der Waals surface area (Å²) in [5, 5.41) is 9.20. The van der Waals surface area contributed by atoms with Crippen LogP contribution in [0.2, 0.25) is 5.02 Å². The van der Waals surface area contributed by atoms with E-state index >= 15 is 0 Å². The standard InChI is InChI=1S/C16H15ClFN3O2/c1-9-11(6-5-10(8-19)13(9)17)21-14(22)16(20(2)15(21)23)7-3-4-12(16)18/h5-6,12H,3-4,7H2,1-2H3/t12-,16+/m0/s1. The molecule has 7 heteroatoms. The minimum absolute atomic E-state index is 0.192. The number of anilines is 1. The molecule has 2 fully saturated rings. The van der Waals surface area contributed by atoms with Gasteiger partial charge in [-0.05, 0) is 43.9 Å². The van der Waals surface area contributed by atoms with Gasteiger partial charge in [-0.25, -0.2) is 14.1 Å². The molecular formula is C16H15ClFN3O2. The number of hydrogen-bond donors (Lipinski definition) is 0. The lowest BCUT2D eigenvalue weighted by Crippen LogP contribution is -2.52. The third-order valence-electron chi connectivity index (χ3n) is 4.90. The van der Waals surface area contributed by atoms with Crippen molar-refractivity contribution < 1.29 is 14.0 Å². The van der Waals surface area contributed by atoms with Gasteiger partial charge in [0.1, 0.15) is 12.2 Å². The fourth-order valence-electron chi connectivity index (χ4n) is 3.53. The Bertz CT molecular complexity index is 760. The predicted molar refractivity (Wildman–Crippen MR) is 83.0 cm³/mol. The van der Waals surface area contributed by atoms with Crippen molar-refractivity contribution in [1.29, 1.82) is 5.26 Å². The summed E-state index contributed by atoms with van der Waals surface area (Å²) in [4.78, 5) is 27.7. The fraction of sp³-hybridized carbons (Fsp3) is 0.438. The Balaban J connectivity index is 2.12. The molecule has 2 atom stereocenters. The lowest BCUT2D eigenvalue weighted by atomic mass is 9.94. The van der Waals surface area contributed by atoms with Gasteiger partial charge in [0, 0.05) is 7.05 Å². The fourth-order valence-corrected chi connectivity index (χ4v) is 3.73. The van der Waals surface area contributed by atoms with Crippen LogP contribution < -0.4 is 4.90 Å². The van der Waals surface area contributed by atoms with E-state index in [2.05, 4.69) is 0 Å². The molecule has 3 rings (SSSR count). The summed E-state index contributed by atoms with van der Waals surface area (Å²) in [6, 6.07) is 4.34. The molecule has 0 unspecified atom stereocenters. The van der Waals surface area contributed by atoms with Crippen LogP contribution in [0.4, 0.5) is 14.9 Å². The number of benzene rings is 1. The molecule has 0 radical (unpaired) electrons. The van der Waals surface area contributed by atoms with Crippen molar-refractivity contribution in [3.63, 3.8) is 0 Å². The Morgan fingerprint density at radius 3 is 2.70 bits per heavy atom. The number of halogens is 2. The van der Waals surface area contributed by atoms with E-state index in [1.165, 1.54) is 24.1 Å². The summed E-state index contributed by atoms with van der Waals surface area (Å²) in [6.45, 7) is 1.63. The van der Waals surface area contributed by atoms with E-state index in [0.29, 0.717) is 24.1 Å². The van der Waals surface area contributed by atoms with E-state index in [-0.39, 0.29) is 17.0 Å². The molecule has 0 bridgehead atoms. The third kappa shape index (κ3) is 1.89. The first-order chi connectivity index (χ1) is 10.9. The van der Waals surface area contributed by atoms with Gasteiger partial charge < -0.3 is 4.90 Å². The molecule has 1 spiro atoms. The Morgan fingerprint density at radius 1 is 1.43 bits per heavy atom. The van der Waals surface area contributed by atoms with Crippen LogP contribution in [-0.2, 0) is 4.79 Å². The van der Waals surface area contributed by atoms with Crippen molar-refractivity contribution in [2.45, 2.75) is 37.9 Å². The molecule has 1 aromatic rings. The number of urea groups is 1. The van der Waals surface area contributed by atoms with Crippen LogP contribution in [-0.4, -0.2) is 35.6 Å². The molecule has 120 valence electrons. The second-order valence-corrected chi connectivity index (χ2v) is 6.33. The highest BCUT2D eigenvalue weighted by molar-refractivity contribution is 6.33. The third-order valence-corrected chi connectivity index (χ3v) is 5.39. The smallest absolute Gasteiger partial charge is 0.309 e. The van der Waals surface area contributed by atoms with Crippen molar-refractivity contribution in [1.82, 2.24) is 4.90 Å². The molecule has 23 heavy (non-hydrogen) atoms. The Hall–Kier alpha value is -2.13. The monoisotopic (exact) mass is 335 g/mol. The van der Waals surface area contributed by atoms with Crippen LogP contribution in [0.15, 0.2) is 12.1 Å². The Morgan fingerprint density at radius 2 is 2.13 bits per heavy atom. The number of rotatable bonds is 1. The average Bonchev–Trinajstić information content (AvgIpc) is 3.00. The maximum atomic E-state index is 14.4. The van der Waals surface area contributed by atoms with Gasteiger partial charge in [0.15, 0.2) is 5.54 Å². The number of amides is 3. The number of carbonyl (C=O) groups is 2. The summed E-state index contributed by atoms with van der Waals surface area (Å²) in [5.74, 6) is -0.557. The molecule has 2 aliphatic rings. The number of nitrogens with zero attached hydrogens (tertiary/aromatic N) is 3. The van der Waals surface area contributed by atoms with E-state index in [0.717, 1.165) is 4.90 Å². The molecule has 0 N–H and O–H groups in total. The molecular weight excluding hydrogens is 321 g/mol. The normalized spacial score (nSPS) is 27.2. The van der Waals surface area contributed by atoms with Crippen LogP contribution in [0.1, 0.15) is 30.4 Å². The maximum absolute atomic E-state index is 14.4. The Labute approximate surface area is 138 Å². The molecule has 1 saturated carbocycles. The second-order valence-electron chi connectivity index (χ2n) is 5.95. The van der Waals surface area contributed by atoms with Gasteiger partial charge in [-0.3, -0.25) is 4.79 Å². The highest BCUT2D eigenvalue weighted by Crippen LogP contribution is 2.45. The first-order valence-electron chi connectivity index (χ1n) is 7.32. The van der Waals surface area contributed by atoms with Crippen LogP contribution in [0.5, 0.6) is 0 Å². The van der Waals surface area contributed by atoms with Crippen molar-refractivity contribution in [2.24, 2.45) is 0 Å². The van der Waals surface area contributed by atoms with E-state index in [1.807, 2.05) is 6.07 Å². The summed E-state index contributed by atoms with van der Waals surface area (Å²) in [5.41, 5.74) is -0.401. The minimum Gasteiger partial charge on any atom is -0.309 e. The SMILES string of the molecule is Cc1c(N2C(=O)N(C)[C@@]3(CCC[C@@H]3F)C2=O)ccc(C#N)c1Cl. The average molecular weight is 336 g/mol. The van der Waals surface area contributed by atoms with Crippen molar-refractivity contribution in [3.8, 4) is 6.07 Å². The molecule has 5 nitrogen and oxygen atoms in total. The maximum Gasteiger partial charge on any atom is 0.332 e. The zero-order valence-electron chi connectivity index (χ0n) is 12.8. The van der Waals surface area contributed by atoms with Gasteiger partial charge in [0.05, 0.1) is 16.3 Å². The predicted octanol–water partition coefficient (Wildman–Crippen LogP) is 3.18. The van der Waals surface area contributed by atoms with Crippen molar-refractivity contribution in [2.75, 3.05) is 11.9 Å². The largest absolute Gasteiger partial charge is 0.332 e. The van der Waals surface area contributed by atoms with Gasteiger partial charge in [0.2, 0.25) is 0 Å².